The molecule has 0 N–H and O–H groups in total. The molecule has 0 unspecified atom stereocenters. The van der Waals surface area contributed by atoms with E-state index in [2.05, 4.69) is 4.98 Å². The lowest BCUT2D eigenvalue weighted by molar-refractivity contribution is -0.163. The Kier molecular flexibility index (Phi) is 6.93. The van der Waals surface area contributed by atoms with Crippen molar-refractivity contribution in [2.24, 2.45) is 0 Å². The quantitative estimate of drug-likeness (QED) is 0.440. The van der Waals surface area contributed by atoms with Crippen molar-refractivity contribution < 1.29 is 19.1 Å². The second-order valence-corrected chi connectivity index (χ2v) is 5.29. The number of nitrogens with zero attached hydrogens (tertiary/aromatic N) is 1. The molecule has 1 heterocycles. The van der Waals surface area contributed by atoms with Crippen molar-refractivity contribution in [2.75, 3.05) is 6.61 Å². The van der Waals surface area contributed by atoms with Gasteiger partial charge in [-0.15, -0.1) is 11.3 Å². The van der Waals surface area contributed by atoms with Gasteiger partial charge in [0.05, 0.1) is 17.3 Å². The van der Waals surface area contributed by atoms with Crippen LogP contribution in [0.4, 0.5) is 0 Å². The van der Waals surface area contributed by atoms with E-state index in [-0.39, 0.29) is 0 Å². The minimum Gasteiger partial charge on any atom is -0.463 e. The molecule has 0 aliphatic rings. The summed E-state index contributed by atoms with van der Waals surface area (Å²) in [4.78, 5) is 27.2. The molecule has 1 aromatic rings. The predicted octanol–water partition coefficient (Wildman–Crippen LogP) is 2.74. The smallest absolute Gasteiger partial charge is 0.347 e. The summed E-state index contributed by atoms with van der Waals surface area (Å²) in [6, 6.07) is 0. The summed E-state index contributed by atoms with van der Waals surface area (Å²) in [5.41, 5.74) is 0.697. The van der Waals surface area contributed by atoms with E-state index >= 15 is 0 Å². The molecular weight excluding hydrogens is 278 g/mol. The predicted molar refractivity (Wildman–Crippen MR) is 77.3 cm³/mol. The van der Waals surface area contributed by atoms with E-state index in [0.717, 1.165) is 17.8 Å². The third-order valence-corrected chi connectivity index (χ3v) is 3.19. The van der Waals surface area contributed by atoms with E-state index in [0.29, 0.717) is 12.3 Å². The van der Waals surface area contributed by atoms with Crippen molar-refractivity contribution in [1.82, 2.24) is 4.98 Å². The number of carbonyl (C=O) groups excluding carboxylic acids is 2. The van der Waals surface area contributed by atoms with Crippen molar-refractivity contribution >= 4 is 29.4 Å². The maximum absolute atomic E-state index is 11.5. The van der Waals surface area contributed by atoms with Crippen molar-refractivity contribution in [3.05, 3.63) is 22.2 Å². The van der Waals surface area contributed by atoms with Crippen LogP contribution >= 0.6 is 11.3 Å². The summed E-state index contributed by atoms with van der Waals surface area (Å²) < 4.78 is 9.91. The number of hydrogen-bond donors (Lipinski definition) is 0. The van der Waals surface area contributed by atoms with Crippen LogP contribution in [0.15, 0.2) is 11.5 Å². The van der Waals surface area contributed by atoms with Crippen LogP contribution in [-0.4, -0.2) is 29.6 Å². The molecule has 0 saturated carbocycles. The molecule has 110 valence electrons. The van der Waals surface area contributed by atoms with Gasteiger partial charge in [-0.05, 0) is 26.3 Å². The zero-order valence-electron chi connectivity index (χ0n) is 11.9. The van der Waals surface area contributed by atoms with Gasteiger partial charge in [0.1, 0.15) is 0 Å². The van der Waals surface area contributed by atoms with Gasteiger partial charge in [-0.1, -0.05) is 13.3 Å². The van der Waals surface area contributed by atoms with Gasteiger partial charge in [0.15, 0.2) is 6.10 Å². The first-order chi connectivity index (χ1) is 9.52. The fourth-order valence-corrected chi connectivity index (χ4v) is 1.89. The Morgan fingerprint density at radius 3 is 2.85 bits per heavy atom. The van der Waals surface area contributed by atoms with Crippen LogP contribution in [0, 0.1) is 6.92 Å². The third kappa shape index (κ3) is 5.97. The van der Waals surface area contributed by atoms with Gasteiger partial charge < -0.3 is 9.47 Å². The highest BCUT2D eigenvalue weighted by Gasteiger charge is 2.17. The standard InChI is InChI=1S/C14H19NO4S/c1-4-5-8-18-14(17)10(2)19-13(16)7-6-12-9-20-11(3)15-12/h6-7,9-10H,4-5,8H2,1-3H3/b7-6+/t10-/m1/s1. The minimum atomic E-state index is -0.902. The van der Waals surface area contributed by atoms with Crippen LogP contribution in [0.1, 0.15) is 37.4 Å². The Morgan fingerprint density at radius 2 is 2.25 bits per heavy atom. The number of carbonyl (C=O) groups is 2. The van der Waals surface area contributed by atoms with Crippen LogP contribution in [0.5, 0.6) is 0 Å². The molecule has 0 fully saturated rings. The van der Waals surface area contributed by atoms with Gasteiger partial charge in [-0.2, -0.15) is 0 Å². The fraction of sp³-hybridized carbons (Fsp3) is 0.500. The Bertz CT molecular complexity index is 481. The lowest BCUT2D eigenvalue weighted by Gasteiger charge is -2.11. The highest BCUT2D eigenvalue weighted by Crippen LogP contribution is 2.09. The summed E-state index contributed by atoms with van der Waals surface area (Å²) in [5.74, 6) is -1.11. The lowest BCUT2D eigenvalue weighted by Crippen LogP contribution is -2.25. The number of ether oxygens (including phenoxy) is 2. The third-order valence-electron chi connectivity index (χ3n) is 2.39. The zero-order valence-corrected chi connectivity index (χ0v) is 12.7. The number of thiazole rings is 1. The number of unbranched alkanes of at least 4 members (excludes halogenated alkanes) is 1. The van der Waals surface area contributed by atoms with Crippen molar-refractivity contribution in [2.45, 2.75) is 39.7 Å². The van der Waals surface area contributed by atoms with Gasteiger partial charge in [-0.3, -0.25) is 0 Å². The number of hydrogen-bond acceptors (Lipinski definition) is 6. The summed E-state index contributed by atoms with van der Waals surface area (Å²) in [6.07, 6.45) is 3.65. The van der Waals surface area contributed by atoms with E-state index in [9.17, 15) is 9.59 Å². The van der Waals surface area contributed by atoms with E-state index in [1.54, 1.807) is 6.08 Å². The van der Waals surface area contributed by atoms with Gasteiger partial charge >= 0.3 is 11.9 Å². The van der Waals surface area contributed by atoms with Crippen molar-refractivity contribution in [1.29, 1.82) is 0 Å². The molecule has 1 atom stereocenters. The summed E-state index contributed by atoms with van der Waals surface area (Å²) >= 11 is 1.50. The number of rotatable bonds is 7. The molecule has 0 saturated heterocycles. The molecule has 1 rings (SSSR count). The van der Waals surface area contributed by atoms with Gasteiger partial charge in [-0.25, -0.2) is 14.6 Å². The minimum absolute atomic E-state index is 0.352. The fourth-order valence-electron chi connectivity index (χ4n) is 1.31. The van der Waals surface area contributed by atoms with Gasteiger partial charge in [0.2, 0.25) is 0 Å². The van der Waals surface area contributed by atoms with Crippen LogP contribution < -0.4 is 0 Å². The molecule has 0 radical (unpaired) electrons. The monoisotopic (exact) mass is 297 g/mol. The maximum Gasteiger partial charge on any atom is 0.347 e. The van der Waals surface area contributed by atoms with Crippen LogP contribution in [0.25, 0.3) is 6.08 Å². The second kappa shape index (κ2) is 8.47. The Morgan fingerprint density at radius 1 is 1.50 bits per heavy atom. The number of aromatic nitrogens is 1. The summed E-state index contributed by atoms with van der Waals surface area (Å²) in [7, 11) is 0. The molecule has 0 spiro atoms. The molecular formula is C14H19NO4S. The Hall–Kier alpha value is -1.69. The van der Waals surface area contributed by atoms with Gasteiger partial charge in [0.25, 0.3) is 0 Å². The number of esters is 2. The molecule has 20 heavy (non-hydrogen) atoms. The van der Waals surface area contributed by atoms with Crippen molar-refractivity contribution in [3.8, 4) is 0 Å². The molecule has 0 aliphatic carbocycles. The average molecular weight is 297 g/mol. The Balaban J connectivity index is 2.37. The first-order valence-electron chi connectivity index (χ1n) is 6.50. The first-order valence-corrected chi connectivity index (χ1v) is 7.38. The molecule has 0 aliphatic heterocycles. The first kappa shape index (κ1) is 16.4. The Labute approximate surface area is 122 Å². The molecule has 5 nitrogen and oxygen atoms in total. The average Bonchev–Trinajstić information content (AvgIpc) is 2.82. The zero-order chi connectivity index (χ0) is 15.0. The highest BCUT2D eigenvalue weighted by molar-refractivity contribution is 7.09. The maximum atomic E-state index is 11.5. The summed E-state index contributed by atoms with van der Waals surface area (Å²) in [6.45, 7) is 5.73. The molecule has 0 amide bonds. The number of aryl methyl sites for hydroxylation is 1. The molecule has 0 aromatic carbocycles. The van der Waals surface area contributed by atoms with Crippen molar-refractivity contribution in [3.63, 3.8) is 0 Å². The summed E-state index contributed by atoms with van der Waals surface area (Å²) in [5, 5.41) is 2.76. The molecule has 1 aromatic heterocycles. The SMILES string of the molecule is CCCCOC(=O)[C@@H](C)OC(=O)/C=C/c1csc(C)n1. The normalized spacial score (nSPS) is 12.3. The van der Waals surface area contributed by atoms with E-state index < -0.39 is 18.0 Å². The van der Waals surface area contributed by atoms with Crippen LogP contribution in [0.2, 0.25) is 0 Å². The van der Waals surface area contributed by atoms with E-state index in [1.807, 2.05) is 19.2 Å². The molecule has 6 heteroatoms. The molecule has 0 bridgehead atoms. The van der Waals surface area contributed by atoms with Crippen LogP contribution in [-0.2, 0) is 19.1 Å². The van der Waals surface area contributed by atoms with E-state index in [1.165, 1.54) is 24.3 Å². The topological polar surface area (TPSA) is 65.5 Å². The lowest BCUT2D eigenvalue weighted by atomic mass is 10.3. The van der Waals surface area contributed by atoms with Gasteiger partial charge in [0, 0.05) is 11.5 Å². The largest absolute Gasteiger partial charge is 0.463 e. The highest BCUT2D eigenvalue weighted by atomic mass is 32.1. The van der Waals surface area contributed by atoms with E-state index in [4.69, 9.17) is 9.47 Å². The van der Waals surface area contributed by atoms with Crippen LogP contribution in [0.3, 0.4) is 0 Å². The second-order valence-electron chi connectivity index (χ2n) is 4.22.